The summed E-state index contributed by atoms with van der Waals surface area (Å²) >= 11 is 0. The smallest absolute Gasteiger partial charge is 0.339 e. The fourth-order valence-corrected chi connectivity index (χ4v) is 5.05. The summed E-state index contributed by atoms with van der Waals surface area (Å²) in [6.45, 7) is 0.228. The minimum Gasteiger partial charge on any atom is -0.450 e. The largest absolute Gasteiger partial charge is 0.450 e. The topological polar surface area (TPSA) is 63.7 Å². The van der Waals surface area contributed by atoms with Gasteiger partial charge in [0.05, 0.1) is 10.5 Å². The molecule has 0 radical (unpaired) electrons. The lowest BCUT2D eigenvalue weighted by Crippen LogP contribution is -2.45. The average Bonchev–Trinajstić information content (AvgIpc) is 2.90. The lowest BCUT2D eigenvalue weighted by atomic mass is 9.84. The van der Waals surface area contributed by atoms with Gasteiger partial charge in [-0.15, -0.1) is 0 Å². The van der Waals surface area contributed by atoms with Crippen LogP contribution in [0.2, 0.25) is 0 Å². The Morgan fingerprint density at radius 3 is 2.38 bits per heavy atom. The second kappa shape index (κ2) is 5.85. The van der Waals surface area contributed by atoms with Crippen LogP contribution in [-0.4, -0.2) is 31.8 Å². The van der Waals surface area contributed by atoms with Gasteiger partial charge in [0, 0.05) is 31.5 Å². The van der Waals surface area contributed by atoms with Crippen LogP contribution in [0.15, 0.2) is 47.4 Å². The fraction of sp³-hybridized carbons (Fsp3) is 0.278. The molecular weight excluding hydrogens is 364 g/mol. The number of fused-ring (bicyclic) bond motifs is 2. The highest BCUT2D eigenvalue weighted by Crippen LogP contribution is 2.44. The van der Waals surface area contributed by atoms with Gasteiger partial charge in [0.25, 0.3) is 0 Å². The lowest BCUT2D eigenvalue weighted by Gasteiger charge is -2.37. The first kappa shape index (κ1) is 17.1. The molecule has 0 aromatic heterocycles. The third-order valence-electron chi connectivity index (χ3n) is 4.98. The van der Waals surface area contributed by atoms with E-state index in [0.29, 0.717) is 24.5 Å². The van der Waals surface area contributed by atoms with E-state index in [9.17, 15) is 22.0 Å². The first-order valence-corrected chi connectivity index (χ1v) is 9.56. The standard InChI is InChI=1S/C18H15F2NO4S/c19-15-6-5-12(11-16(15)20)26(23,24)21-9-7-18(8-10-21)14-4-2-1-3-13(14)17(22)25-18/h1-6,11H,7-10H2. The molecule has 0 saturated carbocycles. The van der Waals surface area contributed by atoms with Gasteiger partial charge in [0.15, 0.2) is 11.6 Å². The summed E-state index contributed by atoms with van der Waals surface area (Å²) in [4.78, 5) is 11.8. The Hall–Kier alpha value is -2.32. The van der Waals surface area contributed by atoms with Crippen LogP contribution in [0.3, 0.4) is 0 Å². The number of piperidine rings is 1. The van der Waals surface area contributed by atoms with Crippen LogP contribution in [0.4, 0.5) is 8.78 Å². The van der Waals surface area contributed by atoms with Crippen LogP contribution in [0.1, 0.15) is 28.8 Å². The maximum absolute atomic E-state index is 13.4. The van der Waals surface area contributed by atoms with E-state index in [2.05, 4.69) is 0 Å². The number of esters is 1. The van der Waals surface area contributed by atoms with Crippen LogP contribution in [0, 0.1) is 11.6 Å². The Bertz CT molecular complexity index is 998. The van der Waals surface area contributed by atoms with Crippen molar-refractivity contribution in [1.82, 2.24) is 4.31 Å². The molecule has 26 heavy (non-hydrogen) atoms. The predicted molar refractivity (Wildman–Crippen MR) is 87.9 cm³/mol. The molecule has 1 saturated heterocycles. The number of carbonyl (C=O) groups excluding carboxylic acids is 1. The van der Waals surface area contributed by atoms with E-state index in [1.807, 2.05) is 12.1 Å². The molecule has 2 aliphatic rings. The molecule has 2 aromatic rings. The molecule has 2 aromatic carbocycles. The van der Waals surface area contributed by atoms with Gasteiger partial charge >= 0.3 is 5.97 Å². The van der Waals surface area contributed by atoms with Crippen molar-refractivity contribution in [2.45, 2.75) is 23.3 Å². The van der Waals surface area contributed by atoms with Gasteiger partial charge in [-0.3, -0.25) is 0 Å². The number of hydrogen-bond acceptors (Lipinski definition) is 4. The molecule has 8 heteroatoms. The van der Waals surface area contributed by atoms with Crippen molar-refractivity contribution in [2.75, 3.05) is 13.1 Å². The maximum atomic E-state index is 13.4. The SMILES string of the molecule is O=C1OC2(CCN(S(=O)(=O)c3ccc(F)c(F)c3)CC2)c2ccccc21. The average molecular weight is 379 g/mol. The summed E-state index contributed by atoms with van der Waals surface area (Å²) in [5.41, 5.74) is 0.451. The van der Waals surface area contributed by atoms with Gasteiger partial charge in [-0.1, -0.05) is 18.2 Å². The van der Waals surface area contributed by atoms with Crippen molar-refractivity contribution in [1.29, 1.82) is 0 Å². The van der Waals surface area contributed by atoms with E-state index in [-0.39, 0.29) is 18.0 Å². The molecule has 0 aliphatic carbocycles. The van der Waals surface area contributed by atoms with Gasteiger partial charge in [-0.05, 0) is 24.3 Å². The van der Waals surface area contributed by atoms with Crippen molar-refractivity contribution in [3.63, 3.8) is 0 Å². The van der Waals surface area contributed by atoms with E-state index in [1.165, 1.54) is 4.31 Å². The van der Waals surface area contributed by atoms with Crippen molar-refractivity contribution < 1.29 is 26.7 Å². The normalized spacial score (nSPS) is 19.4. The number of nitrogens with zero attached hydrogens (tertiary/aromatic N) is 1. The summed E-state index contributed by atoms with van der Waals surface area (Å²) in [6.07, 6.45) is 0.608. The molecule has 1 fully saturated rings. The molecule has 5 nitrogen and oxygen atoms in total. The fourth-order valence-electron chi connectivity index (χ4n) is 3.59. The molecule has 2 heterocycles. The zero-order valence-corrected chi connectivity index (χ0v) is 14.4. The molecule has 0 bridgehead atoms. The Labute approximate surface area is 149 Å². The van der Waals surface area contributed by atoms with Crippen LogP contribution in [0.25, 0.3) is 0 Å². The number of ether oxygens (including phenoxy) is 1. The third kappa shape index (κ3) is 2.52. The van der Waals surface area contributed by atoms with Crippen LogP contribution in [0.5, 0.6) is 0 Å². The summed E-state index contributed by atoms with van der Waals surface area (Å²) in [5.74, 6) is -2.72. The molecule has 0 atom stereocenters. The molecule has 0 amide bonds. The van der Waals surface area contributed by atoms with E-state index >= 15 is 0 Å². The summed E-state index contributed by atoms with van der Waals surface area (Å²) in [5, 5.41) is 0. The van der Waals surface area contributed by atoms with Gasteiger partial charge in [-0.25, -0.2) is 22.0 Å². The first-order valence-electron chi connectivity index (χ1n) is 8.12. The number of carbonyl (C=O) groups is 1. The second-order valence-electron chi connectivity index (χ2n) is 6.41. The van der Waals surface area contributed by atoms with Gasteiger partial charge in [-0.2, -0.15) is 4.31 Å². The van der Waals surface area contributed by atoms with E-state index in [0.717, 1.165) is 17.7 Å². The van der Waals surface area contributed by atoms with Crippen LogP contribution >= 0.6 is 0 Å². The quantitative estimate of drug-likeness (QED) is 0.753. The van der Waals surface area contributed by atoms with Crippen LogP contribution in [-0.2, 0) is 20.4 Å². The molecule has 0 unspecified atom stereocenters. The summed E-state index contributed by atoms with van der Waals surface area (Å²) in [6, 6.07) is 9.59. The summed E-state index contributed by atoms with van der Waals surface area (Å²) in [7, 11) is -3.95. The Balaban J connectivity index is 1.59. The number of halogens is 2. The van der Waals surface area contributed by atoms with Crippen molar-refractivity contribution in [3.05, 3.63) is 65.2 Å². The number of sulfonamides is 1. The Kier molecular flexibility index (Phi) is 3.85. The van der Waals surface area contributed by atoms with E-state index in [1.54, 1.807) is 12.1 Å². The number of benzene rings is 2. The zero-order chi connectivity index (χ0) is 18.5. The molecule has 4 rings (SSSR count). The maximum Gasteiger partial charge on any atom is 0.339 e. The van der Waals surface area contributed by atoms with Crippen LogP contribution < -0.4 is 0 Å². The Morgan fingerprint density at radius 1 is 1.00 bits per heavy atom. The van der Waals surface area contributed by atoms with E-state index < -0.39 is 33.2 Å². The van der Waals surface area contributed by atoms with Gasteiger partial charge in [0.1, 0.15) is 5.60 Å². The van der Waals surface area contributed by atoms with Crippen molar-refractivity contribution in [2.24, 2.45) is 0 Å². The highest BCUT2D eigenvalue weighted by atomic mass is 32.2. The lowest BCUT2D eigenvalue weighted by molar-refractivity contribution is -0.0329. The third-order valence-corrected chi connectivity index (χ3v) is 6.88. The zero-order valence-electron chi connectivity index (χ0n) is 13.6. The minimum atomic E-state index is -3.95. The monoisotopic (exact) mass is 379 g/mol. The highest BCUT2D eigenvalue weighted by Gasteiger charge is 2.48. The van der Waals surface area contributed by atoms with Crippen molar-refractivity contribution in [3.8, 4) is 0 Å². The number of hydrogen-bond donors (Lipinski definition) is 0. The molecule has 136 valence electrons. The van der Waals surface area contributed by atoms with E-state index in [4.69, 9.17) is 4.74 Å². The summed E-state index contributed by atoms with van der Waals surface area (Å²) < 4.78 is 58.7. The highest BCUT2D eigenvalue weighted by molar-refractivity contribution is 7.89. The molecule has 1 spiro atoms. The molecule has 2 aliphatic heterocycles. The Morgan fingerprint density at radius 2 is 1.69 bits per heavy atom. The second-order valence-corrected chi connectivity index (χ2v) is 8.35. The van der Waals surface area contributed by atoms with Gasteiger partial charge < -0.3 is 4.74 Å². The van der Waals surface area contributed by atoms with Gasteiger partial charge in [0.2, 0.25) is 10.0 Å². The molecule has 0 N–H and O–H groups in total. The predicted octanol–water partition coefficient (Wildman–Crippen LogP) is 2.82. The number of rotatable bonds is 2. The first-order chi connectivity index (χ1) is 12.3. The molecular formula is C18H15F2NO4S. The van der Waals surface area contributed by atoms with Crippen molar-refractivity contribution >= 4 is 16.0 Å². The minimum absolute atomic E-state index is 0.114.